The van der Waals surface area contributed by atoms with Crippen LogP contribution in [-0.4, -0.2) is 77.1 Å². The van der Waals surface area contributed by atoms with Crippen molar-refractivity contribution >= 4 is 17.7 Å². The van der Waals surface area contributed by atoms with Crippen LogP contribution < -0.4 is 5.32 Å². The molecule has 2 fully saturated rings. The number of hydrogen-bond acceptors (Lipinski definition) is 4. The second kappa shape index (κ2) is 7.59. The lowest BCUT2D eigenvalue weighted by molar-refractivity contribution is -0.175. The predicted molar refractivity (Wildman–Crippen MR) is 80.2 cm³/mol. The number of carbonyl (C=O) groups is 3. The van der Waals surface area contributed by atoms with Crippen molar-refractivity contribution in [3.63, 3.8) is 0 Å². The van der Waals surface area contributed by atoms with Gasteiger partial charge < -0.3 is 20.2 Å². The highest BCUT2D eigenvalue weighted by Crippen LogP contribution is 2.20. The topological polar surface area (TPSA) is 90.0 Å². The van der Waals surface area contributed by atoms with E-state index in [9.17, 15) is 32.7 Å². The van der Waals surface area contributed by atoms with E-state index >= 15 is 0 Å². The van der Waals surface area contributed by atoms with E-state index in [1.807, 2.05) is 5.32 Å². The first-order valence-corrected chi connectivity index (χ1v) is 8.22. The predicted octanol–water partition coefficient (Wildman–Crippen LogP) is -0.115. The Morgan fingerprint density at radius 3 is 2.32 bits per heavy atom. The highest BCUT2D eigenvalue weighted by atomic mass is 19.4. The summed E-state index contributed by atoms with van der Waals surface area (Å²) < 4.78 is 37.2. The summed E-state index contributed by atoms with van der Waals surface area (Å²) in [6.45, 7) is 2.26. The van der Waals surface area contributed by atoms with Crippen LogP contribution in [0.25, 0.3) is 0 Å². The molecule has 2 heterocycles. The fraction of sp³-hybridized carbons (Fsp3) is 0.800. The molecule has 3 amide bonds. The van der Waals surface area contributed by atoms with Gasteiger partial charge >= 0.3 is 23.9 Å². The number of nitrogens with one attached hydrogen (secondary N) is 1. The Hall–Kier alpha value is -1.84. The quantitative estimate of drug-likeness (QED) is 0.635. The minimum Gasteiger partial charge on any atom is -0.391 e. The molecule has 142 valence electrons. The van der Waals surface area contributed by atoms with E-state index in [0.717, 1.165) is 0 Å². The summed E-state index contributed by atoms with van der Waals surface area (Å²) in [6.07, 6.45) is -4.23. The molecule has 7 nitrogen and oxygen atoms in total. The standard InChI is InChI=1S/C15H22F3N3O4/c1-9-5-10(19-14(25)15(16,17)18)7-21(6-9)13(24)12(23)20-4-2-3-11(22)8-20/h9-11,22H,2-8H2,1H3,(H,19,25). The van der Waals surface area contributed by atoms with Crippen LogP contribution in [0.5, 0.6) is 0 Å². The molecule has 10 heteroatoms. The molecule has 0 aromatic rings. The van der Waals surface area contributed by atoms with Crippen LogP contribution in [0.15, 0.2) is 0 Å². The van der Waals surface area contributed by atoms with Crippen molar-refractivity contribution in [2.75, 3.05) is 26.2 Å². The highest BCUT2D eigenvalue weighted by Gasteiger charge is 2.41. The van der Waals surface area contributed by atoms with E-state index in [1.165, 1.54) is 9.80 Å². The summed E-state index contributed by atoms with van der Waals surface area (Å²) in [6, 6.07) is -0.860. The Balaban J connectivity index is 1.99. The summed E-state index contributed by atoms with van der Waals surface area (Å²) in [7, 11) is 0. The van der Waals surface area contributed by atoms with Gasteiger partial charge in [-0.15, -0.1) is 0 Å². The smallest absolute Gasteiger partial charge is 0.391 e. The maximum atomic E-state index is 12.4. The van der Waals surface area contributed by atoms with Crippen LogP contribution in [-0.2, 0) is 14.4 Å². The average Bonchev–Trinajstić information content (AvgIpc) is 2.52. The van der Waals surface area contributed by atoms with Gasteiger partial charge in [-0.3, -0.25) is 14.4 Å². The molecule has 0 saturated carbocycles. The number of aliphatic hydroxyl groups excluding tert-OH is 1. The lowest BCUT2D eigenvalue weighted by Crippen LogP contribution is -2.57. The number of carbonyl (C=O) groups excluding carboxylic acids is 3. The molecule has 0 radical (unpaired) electrons. The second-order valence-corrected chi connectivity index (χ2v) is 6.77. The van der Waals surface area contributed by atoms with Crippen LogP contribution in [0.1, 0.15) is 26.2 Å². The molecule has 0 aliphatic carbocycles. The van der Waals surface area contributed by atoms with Crippen molar-refractivity contribution in [2.45, 2.75) is 44.5 Å². The molecule has 0 aromatic heterocycles. The summed E-state index contributed by atoms with van der Waals surface area (Å²) >= 11 is 0. The average molecular weight is 365 g/mol. The zero-order valence-corrected chi connectivity index (χ0v) is 13.9. The fourth-order valence-corrected chi connectivity index (χ4v) is 3.30. The SMILES string of the molecule is CC1CC(NC(=O)C(F)(F)F)CN(C(=O)C(=O)N2CCCC(O)C2)C1. The van der Waals surface area contributed by atoms with Gasteiger partial charge in [-0.05, 0) is 25.2 Å². The van der Waals surface area contributed by atoms with Crippen molar-refractivity contribution in [3.05, 3.63) is 0 Å². The summed E-state index contributed by atoms with van der Waals surface area (Å²) in [5.41, 5.74) is 0. The summed E-state index contributed by atoms with van der Waals surface area (Å²) in [5, 5.41) is 11.5. The van der Waals surface area contributed by atoms with Crippen molar-refractivity contribution in [1.29, 1.82) is 0 Å². The van der Waals surface area contributed by atoms with Crippen molar-refractivity contribution in [3.8, 4) is 0 Å². The van der Waals surface area contributed by atoms with Crippen molar-refractivity contribution < 1.29 is 32.7 Å². The third kappa shape index (κ3) is 5.07. The van der Waals surface area contributed by atoms with Gasteiger partial charge in [-0.25, -0.2) is 0 Å². The first-order valence-electron chi connectivity index (χ1n) is 8.22. The Bertz CT molecular complexity index is 541. The number of amides is 3. The molecular weight excluding hydrogens is 343 g/mol. The maximum absolute atomic E-state index is 12.4. The molecule has 2 aliphatic rings. The number of nitrogens with zero attached hydrogens (tertiary/aromatic N) is 2. The van der Waals surface area contributed by atoms with Crippen LogP contribution in [0.3, 0.4) is 0 Å². The number of hydrogen-bond donors (Lipinski definition) is 2. The van der Waals surface area contributed by atoms with E-state index in [4.69, 9.17) is 0 Å². The van der Waals surface area contributed by atoms with Crippen LogP contribution >= 0.6 is 0 Å². The Labute approximate surface area is 143 Å². The molecule has 0 aromatic carbocycles. The number of likely N-dealkylation sites (tertiary alicyclic amines) is 2. The number of halogens is 3. The van der Waals surface area contributed by atoms with Crippen molar-refractivity contribution in [2.24, 2.45) is 5.92 Å². The largest absolute Gasteiger partial charge is 0.471 e. The van der Waals surface area contributed by atoms with E-state index in [-0.39, 0.29) is 25.6 Å². The Kier molecular flexibility index (Phi) is 5.91. The zero-order valence-electron chi connectivity index (χ0n) is 13.9. The monoisotopic (exact) mass is 365 g/mol. The number of piperidine rings is 2. The lowest BCUT2D eigenvalue weighted by Gasteiger charge is -2.38. The number of alkyl halides is 3. The Morgan fingerprint density at radius 1 is 1.08 bits per heavy atom. The molecule has 2 saturated heterocycles. The molecule has 2 rings (SSSR count). The van der Waals surface area contributed by atoms with Gasteiger partial charge in [-0.2, -0.15) is 13.2 Å². The highest BCUT2D eigenvalue weighted by molar-refractivity contribution is 6.35. The third-order valence-corrected chi connectivity index (χ3v) is 4.41. The van der Waals surface area contributed by atoms with Gasteiger partial charge in [0, 0.05) is 32.2 Å². The van der Waals surface area contributed by atoms with E-state index in [2.05, 4.69) is 0 Å². The number of aliphatic hydroxyl groups is 1. The molecule has 3 atom stereocenters. The van der Waals surface area contributed by atoms with E-state index in [1.54, 1.807) is 6.92 Å². The van der Waals surface area contributed by atoms with E-state index < -0.39 is 36.0 Å². The minimum absolute atomic E-state index is 0.0716. The third-order valence-electron chi connectivity index (χ3n) is 4.41. The lowest BCUT2D eigenvalue weighted by atomic mass is 9.95. The van der Waals surface area contributed by atoms with E-state index in [0.29, 0.717) is 25.8 Å². The first-order chi connectivity index (χ1) is 11.6. The van der Waals surface area contributed by atoms with Gasteiger partial charge in [0.15, 0.2) is 0 Å². The fourth-order valence-electron chi connectivity index (χ4n) is 3.30. The number of β-amino-alcohol motifs (C(OH)–C–C–N with tert-alkyl or cyclic N) is 1. The zero-order chi connectivity index (χ0) is 18.8. The Morgan fingerprint density at radius 2 is 1.72 bits per heavy atom. The molecule has 3 unspecified atom stereocenters. The van der Waals surface area contributed by atoms with Gasteiger partial charge in [0.1, 0.15) is 0 Å². The second-order valence-electron chi connectivity index (χ2n) is 6.77. The van der Waals surface area contributed by atoms with Crippen LogP contribution in [0, 0.1) is 5.92 Å². The van der Waals surface area contributed by atoms with Crippen LogP contribution in [0.2, 0.25) is 0 Å². The van der Waals surface area contributed by atoms with Crippen LogP contribution in [0.4, 0.5) is 13.2 Å². The summed E-state index contributed by atoms with van der Waals surface area (Å²) in [4.78, 5) is 38.2. The van der Waals surface area contributed by atoms with Gasteiger partial charge in [0.25, 0.3) is 0 Å². The van der Waals surface area contributed by atoms with Gasteiger partial charge in [0.05, 0.1) is 6.10 Å². The minimum atomic E-state index is -4.99. The molecule has 25 heavy (non-hydrogen) atoms. The maximum Gasteiger partial charge on any atom is 0.471 e. The molecule has 0 bridgehead atoms. The molecule has 2 aliphatic heterocycles. The summed E-state index contributed by atoms with van der Waals surface area (Å²) in [5.74, 6) is -3.79. The molecule has 2 N–H and O–H groups in total. The molecule has 0 spiro atoms. The van der Waals surface area contributed by atoms with Gasteiger partial charge in [0.2, 0.25) is 0 Å². The molecular formula is C15H22F3N3O4. The first kappa shape index (κ1) is 19.5. The van der Waals surface area contributed by atoms with Crippen molar-refractivity contribution in [1.82, 2.24) is 15.1 Å². The normalized spacial score (nSPS) is 27.8. The van der Waals surface area contributed by atoms with Gasteiger partial charge in [-0.1, -0.05) is 6.92 Å². The number of rotatable bonds is 1.